The van der Waals surface area contributed by atoms with Gasteiger partial charge in [0.2, 0.25) is 0 Å². The summed E-state index contributed by atoms with van der Waals surface area (Å²) in [5, 5.41) is 5.92. The highest BCUT2D eigenvalue weighted by Gasteiger charge is 2.15. The number of rotatable bonds is 9. The van der Waals surface area contributed by atoms with Crippen LogP contribution in [0.4, 0.5) is 5.69 Å². The number of nitrogens with one attached hydrogen (secondary N) is 2. The van der Waals surface area contributed by atoms with E-state index < -0.39 is 0 Å². The molecule has 150 valence electrons. The molecule has 0 aliphatic rings. The molecule has 0 radical (unpaired) electrons. The molecule has 2 aromatic carbocycles. The number of unbranched alkanes of at least 4 members (excludes halogenated alkanes) is 1. The summed E-state index contributed by atoms with van der Waals surface area (Å²) in [6, 6.07) is 12.8. The molecule has 0 aromatic heterocycles. The van der Waals surface area contributed by atoms with Crippen molar-refractivity contribution in [2.24, 2.45) is 0 Å². The normalized spacial score (nSPS) is 10.2. The molecule has 2 aromatic rings. The van der Waals surface area contributed by atoms with Crippen LogP contribution in [0.15, 0.2) is 46.9 Å². The monoisotopic (exact) mass is 464 g/mol. The molecule has 7 heteroatoms. The molecule has 0 unspecified atom stereocenters. The zero-order chi connectivity index (χ0) is 20.4. The Morgan fingerprint density at radius 3 is 2.64 bits per heavy atom. The van der Waals surface area contributed by atoms with Gasteiger partial charge in [0.25, 0.3) is 5.91 Å². The van der Waals surface area contributed by atoms with Crippen molar-refractivity contribution in [2.45, 2.75) is 33.1 Å². The maximum Gasteiger partial charge on any atom is 0.261 e. The third kappa shape index (κ3) is 7.13. The molecule has 0 saturated carbocycles. The van der Waals surface area contributed by atoms with E-state index in [0.717, 1.165) is 35.2 Å². The van der Waals surface area contributed by atoms with Gasteiger partial charge in [-0.2, -0.15) is 0 Å². The average molecular weight is 465 g/mol. The van der Waals surface area contributed by atoms with Crippen LogP contribution in [0.5, 0.6) is 11.5 Å². The molecule has 0 bridgehead atoms. The number of ether oxygens (including phenoxy) is 2. The Morgan fingerprint density at radius 2 is 1.89 bits per heavy atom. The minimum absolute atomic E-state index is 0.206. The third-order valence-electron chi connectivity index (χ3n) is 3.73. The number of benzene rings is 2. The highest BCUT2D eigenvalue weighted by Crippen LogP contribution is 2.24. The van der Waals surface area contributed by atoms with Gasteiger partial charge in [-0.15, -0.1) is 0 Å². The van der Waals surface area contributed by atoms with Crippen LogP contribution in [0.1, 0.15) is 43.5 Å². The fourth-order valence-electron chi connectivity index (χ4n) is 2.35. The van der Waals surface area contributed by atoms with E-state index in [9.17, 15) is 4.79 Å². The van der Waals surface area contributed by atoms with Gasteiger partial charge in [-0.1, -0.05) is 42.3 Å². The Balaban J connectivity index is 2.02. The number of amides is 1. The summed E-state index contributed by atoms with van der Waals surface area (Å²) < 4.78 is 12.1. The molecular formula is C21H25BrN2O3S. The van der Waals surface area contributed by atoms with E-state index in [1.807, 2.05) is 30.3 Å². The van der Waals surface area contributed by atoms with Crippen LogP contribution in [0, 0.1) is 0 Å². The van der Waals surface area contributed by atoms with Gasteiger partial charge >= 0.3 is 0 Å². The predicted molar refractivity (Wildman–Crippen MR) is 120 cm³/mol. The summed E-state index contributed by atoms with van der Waals surface area (Å²) in [5.41, 5.74) is 1.17. The minimum Gasteiger partial charge on any atom is -0.494 e. The van der Waals surface area contributed by atoms with Crippen LogP contribution >= 0.6 is 28.1 Å². The Morgan fingerprint density at radius 1 is 1.07 bits per heavy atom. The summed E-state index contributed by atoms with van der Waals surface area (Å²) >= 11 is 8.69. The van der Waals surface area contributed by atoms with Gasteiger partial charge in [0.05, 0.1) is 18.8 Å². The molecule has 1 amide bonds. The van der Waals surface area contributed by atoms with Crippen molar-refractivity contribution in [2.75, 3.05) is 18.5 Å². The third-order valence-corrected chi connectivity index (χ3v) is 4.43. The second-order valence-corrected chi connectivity index (χ2v) is 7.45. The number of anilines is 1. The van der Waals surface area contributed by atoms with Crippen molar-refractivity contribution >= 4 is 44.9 Å². The van der Waals surface area contributed by atoms with E-state index in [-0.39, 0.29) is 11.0 Å². The molecule has 0 heterocycles. The molecule has 0 saturated heterocycles. The molecule has 5 nitrogen and oxygen atoms in total. The number of thiocarbonyl (C=S) groups is 1. The molecular weight excluding hydrogens is 440 g/mol. The molecule has 2 rings (SSSR count). The topological polar surface area (TPSA) is 59.6 Å². The summed E-state index contributed by atoms with van der Waals surface area (Å²) in [6.07, 6.45) is 2.88. The molecule has 0 fully saturated rings. The number of halogens is 1. The quantitative estimate of drug-likeness (QED) is 0.376. The van der Waals surface area contributed by atoms with Gasteiger partial charge in [-0.05, 0) is 55.4 Å². The first-order valence-electron chi connectivity index (χ1n) is 9.31. The summed E-state index contributed by atoms with van der Waals surface area (Å²) in [6.45, 7) is 5.35. The summed E-state index contributed by atoms with van der Waals surface area (Å²) in [7, 11) is 0. The highest BCUT2D eigenvalue weighted by molar-refractivity contribution is 9.10. The fraction of sp³-hybridized carbons (Fsp3) is 0.333. The first kappa shape index (κ1) is 22.2. The molecule has 28 heavy (non-hydrogen) atoms. The van der Waals surface area contributed by atoms with Gasteiger partial charge in [0, 0.05) is 16.2 Å². The lowest BCUT2D eigenvalue weighted by molar-refractivity contribution is 0.0973. The van der Waals surface area contributed by atoms with Crippen molar-refractivity contribution < 1.29 is 14.3 Å². The molecule has 2 N–H and O–H groups in total. The van der Waals surface area contributed by atoms with Crippen molar-refractivity contribution in [1.29, 1.82) is 0 Å². The van der Waals surface area contributed by atoms with Gasteiger partial charge in [-0.25, -0.2) is 0 Å². The molecule has 0 aliphatic carbocycles. The van der Waals surface area contributed by atoms with E-state index in [2.05, 4.69) is 40.4 Å². The number of carbonyl (C=O) groups is 1. The van der Waals surface area contributed by atoms with Crippen molar-refractivity contribution in [3.8, 4) is 11.5 Å². The van der Waals surface area contributed by atoms with Crippen LogP contribution in [0.3, 0.4) is 0 Å². The summed E-state index contributed by atoms with van der Waals surface area (Å²) in [5.74, 6) is 0.954. The van der Waals surface area contributed by atoms with Crippen molar-refractivity contribution in [3.05, 3.63) is 52.5 Å². The largest absolute Gasteiger partial charge is 0.494 e. The van der Waals surface area contributed by atoms with Crippen LogP contribution in [-0.4, -0.2) is 24.2 Å². The first-order valence-corrected chi connectivity index (χ1v) is 10.5. The van der Waals surface area contributed by atoms with Crippen LogP contribution < -0.4 is 20.1 Å². The van der Waals surface area contributed by atoms with Gasteiger partial charge in [0.1, 0.15) is 11.5 Å². The maximum atomic E-state index is 12.7. The predicted octanol–water partition coefficient (Wildman–Crippen LogP) is 5.54. The lowest BCUT2D eigenvalue weighted by Crippen LogP contribution is -2.34. The number of carbonyl (C=O) groups excluding carboxylic acids is 1. The SMILES string of the molecule is CCCCOc1ccc(Br)cc1C(=O)NC(=S)Nc1cccc(OCCC)c1. The number of hydrogen-bond donors (Lipinski definition) is 2. The molecule has 0 aliphatic heterocycles. The van der Waals surface area contributed by atoms with Crippen molar-refractivity contribution in [1.82, 2.24) is 5.32 Å². The zero-order valence-corrected chi connectivity index (χ0v) is 18.5. The van der Waals surface area contributed by atoms with Crippen LogP contribution in [0.25, 0.3) is 0 Å². The van der Waals surface area contributed by atoms with Crippen LogP contribution in [0.2, 0.25) is 0 Å². The van der Waals surface area contributed by atoms with Gasteiger partial charge < -0.3 is 14.8 Å². The standard InChI is InChI=1S/C21H25BrN2O3S/c1-3-5-12-27-19-10-9-15(22)13-18(19)20(25)24-21(28)23-16-7-6-8-17(14-16)26-11-4-2/h6-10,13-14H,3-5,11-12H2,1-2H3,(H2,23,24,25,28). The smallest absolute Gasteiger partial charge is 0.261 e. The lowest BCUT2D eigenvalue weighted by atomic mass is 10.2. The van der Waals surface area contributed by atoms with Crippen molar-refractivity contribution in [3.63, 3.8) is 0 Å². The molecule has 0 atom stereocenters. The molecule has 0 spiro atoms. The number of hydrogen-bond acceptors (Lipinski definition) is 4. The Hall–Kier alpha value is -2.12. The van der Waals surface area contributed by atoms with E-state index in [4.69, 9.17) is 21.7 Å². The van der Waals surface area contributed by atoms with E-state index >= 15 is 0 Å². The first-order chi connectivity index (χ1) is 13.5. The van der Waals surface area contributed by atoms with Crippen LogP contribution in [-0.2, 0) is 0 Å². The maximum absolute atomic E-state index is 12.7. The van der Waals surface area contributed by atoms with Gasteiger partial charge in [0.15, 0.2) is 5.11 Å². The Labute approximate surface area is 179 Å². The Bertz CT molecular complexity index is 814. The highest BCUT2D eigenvalue weighted by atomic mass is 79.9. The summed E-state index contributed by atoms with van der Waals surface area (Å²) in [4.78, 5) is 12.7. The van der Waals surface area contributed by atoms with E-state index in [1.54, 1.807) is 12.1 Å². The average Bonchev–Trinajstić information content (AvgIpc) is 2.67. The fourth-order valence-corrected chi connectivity index (χ4v) is 2.92. The Kier molecular flexibility index (Phi) is 9.23. The second-order valence-electron chi connectivity index (χ2n) is 6.13. The lowest BCUT2D eigenvalue weighted by Gasteiger charge is -2.14. The van der Waals surface area contributed by atoms with E-state index in [1.165, 1.54) is 0 Å². The second kappa shape index (κ2) is 11.7. The zero-order valence-electron chi connectivity index (χ0n) is 16.1. The van der Waals surface area contributed by atoms with Gasteiger partial charge in [-0.3, -0.25) is 10.1 Å². The minimum atomic E-state index is -0.330. The van der Waals surface area contributed by atoms with E-state index in [0.29, 0.717) is 24.5 Å².